The van der Waals surface area contributed by atoms with Gasteiger partial charge in [-0.25, -0.2) is 9.78 Å². The molecule has 51 heteroatoms. The first-order valence-corrected chi connectivity index (χ1v) is 42.5. The number of carboxylic acids is 3. The van der Waals surface area contributed by atoms with Crippen LogP contribution in [0.3, 0.4) is 0 Å². The summed E-state index contributed by atoms with van der Waals surface area (Å²) in [7, 11) is 0. The Labute approximate surface area is 757 Å². The summed E-state index contributed by atoms with van der Waals surface area (Å²) in [6.45, 7) is 4.77. The number of aliphatic hydroxyl groups is 2. The van der Waals surface area contributed by atoms with Crippen LogP contribution >= 0.6 is 0 Å². The number of aromatic amines is 1. The number of carboxylic acid groups (broad SMARTS) is 3. The van der Waals surface area contributed by atoms with Crippen LogP contribution in [0.15, 0.2) is 72.1 Å². The summed E-state index contributed by atoms with van der Waals surface area (Å²) in [5, 5.41) is 94.3. The molecule has 0 saturated carbocycles. The minimum Gasteiger partial charge on any atom is -0.481 e. The zero-order valence-corrected chi connectivity index (χ0v) is 73.8. The fourth-order valence-corrected chi connectivity index (χ4v) is 12.5. The number of nitrogens with one attached hydrogen (secondary N) is 15. The molecule has 3 aromatic rings. The Morgan fingerprint density at radius 3 is 1.33 bits per heavy atom. The summed E-state index contributed by atoms with van der Waals surface area (Å²) >= 11 is 0. The molecule has 0 bridgehead atoms. The van der Waals surface area contributed by atoms with Crippen LogP contribution < -0.4 is 109 Å². The topological polar surface area (TPSA) is 843 Å². The smallest absolute Gasteiger partial charge is 0.328 e. The first-order chi connectivity index (χ1) is 62.4. The summed E-state index contributed by atoms with van der Waals surface area (Å²) in [6.07, 6.45) is -3.61. The molecule has 32 N–H and O–H groups in total. The van der Waals surface area contributed by atoms with Gasteiger partial charge in [0, 0.05) is 50.9 Å². The predicted octanol–water partition coefficient (Wildman–Crippen LogP) is -7.63. The van der Waals surface area contributed by atoms with Crippen LogP contribution in [-0.4, -0.2) is 282 Å². The molecule has 0 unspecified atom stereocenters. The maximum atomic E-state index is 14.9. The van der Waals surface area contributed by atoms with Crippen molar-refractivity contribution in [3.05, 3.63) is 94.1 Å². The third-order valence-corrected chi connectivity index (χ3v) is 20.0. The Morgan fingerprint density at radius 1 is 0.470 bits per heavy atom. The van der Waals surface area contributed by atoms with Crippen molar-refractivity contribution in [1.82, 2.24) is 84.4 Å². The number of benzene rings is 2. The molecule has 0 aliphatic carbocycles. The fourth-order valence-electron chi connectivity index (χ4n) is 12.5. The van der Waals surface area contributed by atoms with Gasteiger partial charge in [-0.05, 0) is 123 Å². The lowest BCUT2D eigenvalue weighted by molar-refractivity contribution is -0.385. The van der Waals surface area contributed by atoms with E-state index in [0.717, 1.165) is 13.0 Å². The highest BCUT2D eigenvalue weighted by Gasteiger charge is 2.40. The van der Waals surface area contributed by atoms with Crippen LogP contribution in [0.5, 0.6) is 0 Å². The van der Waals surface area contributed by atoms with Crippen molar-refractivity contribution in [1.29, 1.82) is 0 Å². The quantitative estimate of drug-likeness (QED) is 0.00623. The molecule has 0 aliphatic heterocycles. The van der Waals surface area contributed by atoms with E-state index in [2.05, 4.69) is 84.1 Å². The number of rotatable bonds is 64. The fraction of sp³-hybridized carbons (Fsp3) is 0.568. The van der Waals surface area contributed by atoms with Gasteiger partial charge in [0.05, 0.1) is 47.7 Å². The van der Waals surface area contributed by atoms with Gasteiger partial charge in [-0.1, -0.05) is 68.7 Å². The van der Waals surface area contributed by atoms with E-state index in [1.807, 2.05) is 5.32 Å². The molecule has 0 fully saturated rings. The first-order valence-electron chi connectivity index (χ1n) is 42.5. The summed E-state index contributed by atoms with van der Waals surface area (Å²) in [4.78, 5) is 281. The molecule has 16 atom stereocenters. The van der Waals surface area contributed by atoms with Crippen LogP contribution in [0.1, 0.15) is 167 Å². The number of primary amides is 1. The van der Waals surface area contributed by atoms with Gasteiger partial charge in [0.25, 0.3) is 5.69 Å². The Balaban J connectivity index is 1.97. The third-order valence-electron chi connectivity index (χ3n) is 20.0. The molecule has 0 radical (unpaired) electrons. The molecule has 1 heterocycles. The monoisotopic (exact) mass is 1860 g/mol. The number of nitrogens with two attached hydrogens (primary N) is 6. The first kappa shape index (κ1) is 112. The SMILES string of the molecule is CCCC[C@H](NC(=O)[C@H](Cc1c[nH]cn1)NC(=O)[C@H](CCC(N)=O)NC(=O)[C@H](CCCN=C(N)N)NC(=O)[C@H](CCC(=O)O)NC(=O)[C@H](Cc1ccccc1)NC(=O)[C@H](CCCCN)NC(=O)[C@H](C)NC(=O)[C@H](C)NC(=O)[C@H](C)NC(=O)[C@@H](NC(=O)[C@H](CCC(=O)O)NC(=O)[C@@H](N)CCCCN)[C@@H](C)O)C(=O)N[C@@H](CC(=O)OCc1ccccc1[N+](=O)[O-])C(=O)N[C@@H](CO)C(=O)O. The van der Waals surface area contributed by atoms with Crippen molar-refractivity contribution >= 4 is 124 Å². The Morgan fingerprint density at radius 2 is 0.871 bits per heavy atom. The zero-order chi connectivity index (χ0) is 98.9. The number of esters is 1. The number of H-pyrrole nitrogens is 1. The molecule has 0 saturated heterocycles. The lowest BCUT2D eigenvalue weighted by atomic mass is 10.0. The number of aliphatic carboxylic acids is 3. The number of ether oxygens (including phenoxy) is 1. The van der Waals surface area contributed by atoms with Crippen LogP contribution in [-0.2, 0) is 115 Å². The molecule has 730 valence electrons. The van der Waals surface area contributed by atoms with Gasteiger partial charge in [0.2, 0.25) is 88.6 Å². The van der Waals surface area contributed by atoms with E-state index in [9.17, 15) is 127 Å². The second-order valence-electron chi connectivity index (χ2n) is 30.9. The van der Waals surface area contributed by atoms with Gasteiger partial charge in [0.15, 0.2) is 5.96 Å². The number of carbonyl (C=O) groups excluding carboxylic acids is 16. The summed E-state index contributed by atoms with van der Waals surface area (Å²) in [6, 6.07) is -12.0. The highest BCUT2D eigenvalue weighted by atomic mass is 16.6. The number of guanidine groups is 1. The molecular formula is C81H124N24O27. The molecule has 0 aliphatic rings. The van der Waals surface area contributed by atoms with E-state index in [4.69, 9.17) is 39.1 Å². The third kappa shape index (κ3) is 42.1. The zero-order valence-electron chi connectivity index (χ0n) is 73.8. The summed E-state index contributed by atoms with van der Waals surface area (Å²) in [5.41, 5.74) is 34.0. The number of hydrogen-bond donors (Lipinski definition) is 26. The Kier molecular flexibility index (Phi) is 50.4. The maximum absolute atomic E-state index is 14.9. The second-order valence-corrected chi connectivity index (χ2v) is 30.9. The lowest BCUT2D eigenvalue weighted by Crippen LogP contribution is -2.61. The standard InChI is InChI=1S/C81H124N24O27/c1-6-7-22-50(71(119)102-58(78(126)103-59(39-106)80(128)129)37-64(113)132-40-47-20-11-12-25-60(47)105(130)131)97-77(125)57(36-48-38-88-41-90-48)101-74(122)53(26-29-61(85)108)98-70(118)52(24-17-34-89-81(86)87)96-73(121)54(27-30-62(109)110)99-76(124)56(35-46-18-9-8-10-19-46)100-72(120)51(23-14-16-33-83)94-68(116)44(4)92-66(114)42(2)91-67(115)43(3)93-79(127)65(45(5)107)104-75(123)55(28-31-63(111)112)95-69(117)49(84)21-13-15-32-82/h8-12,18-20,25,38,41-45,49-59,65,106-107H,6-7,13-17,21-24,26-37,39-40,82-84H2,1-5H3,(H2,85,108)(H,88,90)(H,91,115)(H,92,114)(H,93,127)(H,94,116)(H,95,117)(H,96,121)(H,97,125)(H,98,118)(H,99,124)(H,100,120)(H,101,122)(H,102,119)(H,103,126)(H,104,123)(H,109,110)(H,111,112)(H,128,129)(H4,86,87,89)/t42-,43-,44-,45+,49-,50-,51-,52-,53-,54-,55-,56-,57-,58-,59-,65-/m0/s1. The highest BCUT2D eigenvalue weighted by Crippen LogP contribution is 2.20. The number of nitro groups is 1. The van der Waals surface area contributed by atoms with E-state index in [1.165, 1.54) is 51.5 Å². The normalized spacial score (nSPS) is 14.6. The van der Waals surface area contributed by atoms with Crippen molar-refractivity contribution in [2.45, 2.75) is 266 Å². The average Bonchev–Trinajstić information content (AvgIpc) is 1.23. The number of unbranched alkanes of at least 4 members (excludes halogenated alkanes) is 3. The number of aromatic nitrogens is 2. The van der Waals surface area contributed by atoms with E-state index in [1.54, 1.807) is 37.3 Å². The van der Waals surface area contributed by atoms with Crippen molar-refractivity contribution in [3.63, 3.8) is 0 Å². The average molecular weight is 1870 g/mol. The molecular weight excluding hydrogens is 1740 g/mol. The number of nitrogens with zero attached hydrogens (tertiary/aromatic N) is 3. The Bertz CT molecular complexity index is 4430. The molecule has 51 nitrogen and oxygen atoms in total. The molecule has 0 spiro atoms. The van der Waals surface area contributed by atoms with Crippen LogP contribution in [0.25, 0.3) is 0 Å². The van der Waals surface area contributed by atoms with E-state index < -0.39 is 297 Å². The van der Waals surface area contributed by atoms with Gasteiger partial charge < -0.3 is 144 Å². The largest absolute Gasteiger partial charge is 0.481 e. The number of para-hydroxylation sites is 1. The van der Waals surface area contributed by atoms with Crippen molar-refractivity contribution in [3.8, 4) is 0 Å². The van der Waals surface area contributed by atoms with E-state index in [-0.39, 0.29) is 69.3 Å². The lowest BCUT2D eigenvalue weighted by Gasteiger charge is -2.28. The van der Waals surface area contributed by atoms with Crippen LogP contribution in [0.2, 0.25) is 0 Å². The van der Waals surface area contributed by atoms with E-state index in [0.29, 0.717) is 37.8 Å². The summed E-state index contributed by atoms with van der Waals surface area (Å²) < 4.78 is 5.22. The van der Waals surface area contributed by atoms with Gasteiger partial charge >= 0.3 is 23.9 Å². The van der Waals surface area contributed by atoms with E-state index >= 15 is 0 Å². The number of imidazole rings is 1. The molecule has 132 heavy (non-hydrogen) atoms. The highest BCUT2D eigenvalue weighted by molar-refractivity contribution is 6.01. The van der Waals surface area contributed by atoms with Crippen LogP contribution in [0, 0.1) is 10.1 Å². The van der Waals surface area contributed by atoms with Gasteiger partial charge in [-0.2, -0.15) is 0 Å². The van der Waals surface area contributed by atoms with Gasteiger partial charge in [-0.15, -0.1) is 0 Å². The number of aliphatic hydroxyl groups excluding tert-OH is 2. The number of nitro benzene ring substituents is 1. The second kappa shape index (κ2) is 59.3. The van der Waals surface area contributed by atoms with Gasteiger partial charge in [-0.3, -0.25) is 101 Å². The summed E-state index contributed by atoms with van der Waals surface area (Å²) in [5.74, 6) is -22.7. The minimum absolute atomic E-state index is 0.0738. The van der Waals surface area contributed by atoms with Crippen molar-refractivity contribution in [2.24, 2.45) is 39.4 Å². The molecule has 3 rings (SSSR count). The van der Waals surface area contributed by atoms with Crippen LogP contribution in [0.4, 0.5) is 5.69 Å². The molecule has 15 amide bonds. The van der Waals surface area contributed by atoms with Crippen molar-refractivity contribution < 1.29 is 126 Å². The molecule has 1 aromatic heterocycles. The maximum Gasteiger partial charge on any atom is 0.328 e. The Hall–Kier alpha value is -13.9. The van der Waals surface area contributed by atoms with Gasteiger partial charge in [0.1, 0.15) is 91.2 Å². The number of amides is 15. The minimum atomic E-state index is -2.02. The van der Waals surface area contributed by atoms with Crippen molar-refractivity contribution in [2.75, 3.05) is 26.2 Å². The molecule has 2 aromatic carbocycles. The number of hydrogen-bond acceptors (Lipinski definition) is 29. The number of aliphatic imine (C=N–C) groups is 1. The number of carbonyl (C=O) groups is 19. The predicted molar refractivity (Wildman–Crippen MR) is 466 cm³/mol.